The van der Waals surface area contributed by atoms with Crippen molar-refractivity contribution in [2.45, 2.75) is 45.5 Å². The lowest BCUT2D eigenvalue weighted by molar-refractivity contribution is -0.137. The van der Waals surface area contributed by atoms with Gasteiger partial charge < -0.3 is 15.8 Å². The number of amidine groups is 1. The summed E-state index contributed by atoms with van der Waals surface area (Å²) >= 11 is 5.86. The van der Waals surface area contributed by atoms with E-state index in [-0.39, 0.29) is 29.6 Å². The second-order valence-electron chi connectivity index (χ2n) is 7.60. The van der Waals surface area contributed by atoms with Crippen LogP contribution in [0.3, 0.4) is 0 Å². The van der Waals surface area contributed by atoms with Crippen LogP contribution >= 0.6 is 11.6 Å². The molecule has 2 aromatic rings. The number of rotatable bonds is 6. The largest absolute Gasteiger partial charge is 0.487 e. The second-order valence-corrected chi connectivity index (χ2v) is 8.00. The summed E-state index contributed by atoms with van der Waals surface area (Å²) in [6.45, 7) is 5.29. The van der Waals surface area contributed by atoms with Gasteiger partial charge in [0.1, 0.15) is 18.2 Å². The Hall–Kier alpha value is -3.01. The summed E-state index contributed by atoms with van der Waals surface area (Å²) in [5.74, 6) is 0.552. The van der Waals surface area contributed by atoms with Gasteiger partial charge in [0.25, 0.3) is 0 Å². The van der Waals surface area contributed by atoms with Crippen LogP contribution < -0.4 is 15.8 Å². The van der Waals surface area contributed by atoms with Crippen LogP contribution in [0.25, 0.3) is 0 Å². The van der Waals surface area contributed by atoms with Gasteiger partial charge in [0.2, 0.25) is 0 Å². The van der Waals surface area contributed by atoms with Gasteiger partial charge in [0, 0.05) is 18.2 Å². The van der Waals surface area contributed by atoms with Crippen molar-refractivity contribution in [1.29, 1.82) is 0 Å². The average Bonchev–Trinajstić information content (AvgIpc) is 2.64. The maximum atomic E-state index is 12.7. The number of ether oxygens (including phenoxy) is 1. The molecule has 3 N–H and O–H groups in total. The SMILES string of the molecule is CC(C)(C)NC(=O)O/N=C(\N)Cc1ccc(OCc2ncc(C(F)(F)F)cc2Cl)cc1. The standard InChI is InChI=1S/C20H22ClF3N4O3/c1-19(2,3)27-18(29)31-28-17(25)8-12-4-6-14(7-5-12)30-11-16-15(21)9-13(10-26-16)20(22,23)24/h4-7,9-10H,8,11H2,1-3H3,(H2,25,28)(H,27,29). The summed E-state index contributed by atoms with van der Waals surface area (Å²) in [7, 11) is 0. The van der Waals surface area contributed by atoms with Gasteiger partial charge in [-0.15, -0.1) is 0 Å². The number of hydrogen-bond donors (Lipinski definition) is 2. The smallest absolute Gasteiger partial charge is 0.433 e. The third-order valence-electron chi connectivity index (χ3n) is 3.65. The minimum Gasteiger partial charge on any atom is -0.487 e. The fraction of sp³-hybridized carbons (Fsp3) is 0.350. The Balaban J connectivity index is 1.89. The van der Waals surface area contributed by atoms with Crippen molar-refractivity contribution in [3.8, 4) is 5.75 Å². The molecule has 1 aromatic carbocycles. The fourth-order valence-corrected chi connectivity index (χ4v) is 2.47. The predicted molar refractivity (Wildman–Crippen MR) is 110 cm³/mol. The number of halogens is 4. The zero-order valence-electron chi connectivity index (χ0n) is 17.1. The molecule has 0 spiro atoms. The van der Waals surface area contributed by atoms with Gasteiger partial charge >= 0.3 is 12.3 Å². The van der Waals surface area contributed by atoms with Crippen molar-refractivity contribution in [3.63, 3.8) is 0 Å². The van der Waals surface area contributed by atoms with Gasteiger partial charge in [0.05, 0.1) is 16.3 Å². The van der Waals surface area contributed by atoms with E-state index in [0.717, 1.165) is 11.6 Å². The Bertz CT molecular complexity index is 942. The zero-order chi connectivity index (χ0) is 23.2. The van der Waals surface area contributed by atoms with Gasteiger partial charge in [-0.25, -0.2) is 4.79 Å². The molecule has 2 rings (SSSR count). The highest BCUT2D eigenvalue weighted by Crippen LogP contribution is 2.31. The summed E-state index contributed by atoms with van der Waals surface area (Å²) in [5.41, 5.74) is 5.33. The molecular weight excluding hydrogens is 437 g/mol. The molecule has 1 heterocycles. The minimum atomic E-state index is -4.52. The van der Waals surface area contributed by atoms with E-state index in [1.54, 1.807) is 45.0 Å². The summed E-state index contributed by atoms with van der Waals surface area (Å²) in [5, 5.41) is 6.03. The topological polar surface area (TPSA) is 98.8 Å². The van der Waals surface area contributed by atoms with Crippen LogP contribution in [0.4, 0.5) is 18.0 Å². The molecule has 31 heavy (non-hydrogen) atoms. The summed E-state index contributed by atoms with van der Waals surface area (Å²) < 4.78 is 43.5. The van der Waals surface area contributed by atoms with E-state index in [9.17, 15) is 18.0 Å². The third kappa shape index (κ3) is 8.33. The molecule has 0 aliphatic heterocycles. The number of nitrogens with two attached hydrogens (primary N) is 1. The van der Waals surface area contributed by atoms with E-state index in [0.29, 0.717) is 11.9 Å². The van der Waals surface area contributed by atoms with E-state index >= 15 is 0 Å². The second kappa shape index (κ2) is 9.86. The molecule has 1 aromatic heterocycles. The Morgan fingerprint density at radius 2 is 1.87 bits per heavy atom. The van der Waals surface area contributed by atoms with E-state index in [4.69, 9.17) is 26.9 Å². The lowest BCUT2D eigenvalue weighted by Crippen LogP contribution is -2.40. The Kier molecular flexibility index (Phi) is 7.72. The molecule has 0 fully saturated rings. The predicted octanol–water partition coefficient (Wildman–Crippen LogP) is 4.67. The highest BCUT2D eigenvalue weighted by Gasteiger charge is 2.31. The van der Waals surface area contributed by atoms with Crippen LogP contribution in [-0.4, -0.2) is 22.5 Å². The average molecular weight is 459 g/mol. The lowest BCUT2D eigenvalue weighted by Gasteiger charge is -2.18. The normalized spacial score (nSPS) is 12.4. The van der Waals surface area contributed by atoms with E-state index in [1.165, 1.54) is 0 Å². The number of nitrogens with one attached hydrogen (secondary N) is 1. The van der Waals surface area contributed by atoms with Crippen molar-refractivity contribution >= 4 is 23.5 Å². The first-order valence-corrected chi connectivity index (χ1v) is 9.46. The van der Waals surface area contributed by atoms with E-state index in [2.05, 4.69) is 15.5 Å². The number of amides is 1. The number of nitrogens with zero attached hydrogens (tertiary/aromatic N) is 2. The Morgan fingerprint density at radius 1 is 1.23 bits per heavy atom. The molecule has 7 nitrogen and oxygen atoms in total. The number of alkyl halides is 3. The highest BCUT2D eigenvalue weighted by atomic mass is 35.5. The zero-order valence-corrected chi connectivity index (χ0v) is 17.8. The number of aromatic nitrogens is 1. The van der Waals surface area contributed by atoms with Crippen LogP contribution in [0, 0.1) is 0 Å². The molecular formula is C20H22ClF3N4O3. The molecule has 168 valence electrons. The first kappa shape index (κ1) is 24.3. The molecule has 0 unspecified atom stereocenters. The van der Waals surface area contributed by atoms with E-state index < -0.39 is 23.4 Å². The van der Waals surface area contributed by atoms with Crippen molar-refractivity contribution in [2.75, 3.05) is 0 Å². The number of carbonyl (C=O) groups is 1. The minimum absolute atomic E-state index is 0.0958. The fourth-order valence-electron chi connectivity index (χ4n) is 2.25. The van der Waals surface area contributed by atoms with Crippen LogP contribution in [0.15, 0.2) is 41.7 Å². The molecule has 0 saturated carbocycles. The number of oxime groups is 1. The van der Waals surface area contributed by atoms with Crippen LogP contribution in [0.2, 0.25) is 5.02 Å². The Morgan fingerprint density at radius 3 is 2.42 bits per heavy atom. The highest BCUT2D eigenvalue weighted by molar-refractivity contribution is 6.31. The van der Waals surface area contributed by atoms with Crippen molar-refractivity contribution in [1.82, 2.24) is 10.3 Å². The molecule has 1 amide bonds. The van der Waals surface area contributed by atoms with Gasteiger partial charge in [-0.05, 0) is 44.5 Å². The molecule has 0 aliphatic carbocycles. The molecule has 0 atom stereocenters. The van der Waals surface area contributed by atoms with Gasteiger partial charge in [0.15, 0.2) is 0 Å². The first-order valence-electron chi connectivity index (χ1n) is 9.08. The number of hydrogen-bond acceptors (Lipinski definition) is 5. The van der Waals surface area contributed by atoms with Crippen LogP contribution in [-0.2, 0) is 24.0 Å². The van der Waals surface area contributed by atoms with Crippen LogP contribution in [0.5, 0.6) is 5.75 Å². The van der Waals surface area contributed by atoms with Gasteiger partial charge in [-0.3, -0.25) is 9.82 Å². The van der Waals surface area contributed by atoms with Crippen LogP contribution in [0.1, 0.15) is 37.6 Å². The third-order valence-corrected chi connectivity index (χ3v) is 3.98. The van der Waals surface area contributed by atoms with Crippen molar-refractivity contribution in [2.24, 2.45) is 10.9 Å². The van der Waals surface area contributed by atoms with Crippen molar-refractivity contribution < 1.29 is 27.5 Å². The van der Waals surface area contributed by atoms with Gasteiger partial charge in [-0.2, -0.15) is 13.2 Å². The Labute approximate surface area is 182 Å². The molecule has 0 aliphatic rings. The monoisotopic (exact) mass is 458 g/mol. The number of carbonyl (C=O) groups excluding carboxylic acids is 1. The summed E-state index contributed by atoms with van der Waals surface area (Å²) in [6.07, 6.45) is -4.29. The molecule has 0 bridgehead atoms. The van der Waals surface area contributed by atoms with E-state index in [1.807, 2.05) is 0 Å². The van der Waals surface area contributed by atoms with Crippen molar-refractivity contribution in [3.05, 3.63) is 58.4 Å². The quantitative estimate of drug-likeness (QED) is 0.283. The summed E-state index contributed by atoms with van der Waals surface area (Å²) in [4.78, 5) is 20.0. The maximum absolute atomic E-state index is 12.7. The molecule has 0 radical (unpaired) electrons. The summed E-state index contributed by atoms with van der Waals surface area (Å²) in [6, 6.07) is 7.53. The maximum Gasteiger partial charge on any atom is 0.433 e. The first-order chi connectivity index (χ1) is 14.3. The number of benzene rings is 1. The molecule has 11 heteroatoms. The lowest BCUT2D eigenvalue weighted by atomic mass is 10.1. The number of pyridine rings is 1. The molecule has 0 saturated heterocycles. The van der Waals surface area contributed by atoms with Gasteiger partial charge in [-0.1, -0.05) is 28.9 Å².